The SMILES string of the molecule is C=CCN(C[C@H](Cc1cccc2ccccc12)B1OC(C)(C)C(C)(C)O1)C(=O)OC(C)(C)C. The molecule has 0 saturated carbocycles. The summed E-state index contributed by atoms with van der Waals surface area (Å²) in [5.74, 6) is -0.0932. The van der Waals surface area contributed by atoms with E-state index in [1.54, 1.807) is 11.0 Å². The van der Waals surface area contributed by atoms with Gasteiger partial charge in [-0.3, -0.25) is 0 Å². The third-order valence-electron chi connectivity index (χ3n) is 6.47. The Morgan fingerprint density at radius 1 is 1.09 bits per heavy atom. The van der Waals surface area contributed by atoms with Crippen LogP contribution in [0.25, 0.3) is 10.8 Å². The van der Waals surface area contributed by atoms with Crippen LogP contribution in [0.1, 0.15) is 54.0 Å². The molecule has 1 aliphatic heterocycles. The summed E-state index contributed by atoms with van der Waals surface area (Å²) in [5, 5.41) is 2.40. The first kappa shape index (κ1) is 25.3. The highest BCUT2D eigenvalue weighted by atomic mass is 16.7. The highest BCUT2D eigenvalue weighted by Gasteiger charge is 2.54. The van der Waals surface area contributed by atoms with E-state index >= 15 is 0 Å². The molecule has 1 aliphatic rings. The fourth-order valence-electron chi connectivity index (χ4n) is 4.07. The van der Waals surface area contributed by atoms with Crippen molar-refractivity contribution in [1.29, 1.82) is 0 Å². The van der Waals surface area contributed by atoms with Gasteiger partial charge >= 0.3 is 13.2 Å². The summed E-state index contributed by atoms with van der Waals surface area (Å²) in [6.07, 6.45) is 2.07. The lowest BCUT2D eigenvalue weighted by molar-refractivity contribution is 0.00578. The molecular weight excluding hydrogens is 413 g/mol. The first-order valence-corrected chi connectivity index (χ1v) is 11.7. The molecule has 1 heterocycles. The van der Waals surface area contributed by atoms with Gasteiger partial charge in [-0.2, -0.15) is 0 Å². The fraction of sp³-hybridized carbons (Fsp3) is 0.519. The number of fused-ring (bicyclic) bond motifs is 1. The van der Waals surface area contributed by atoms with Crippen LogP contribution in [0.4, 0.5) is 4.79 Å². The minimum atomic E-state index is -0.577. The maximum atomic E-state index is 13.0. The van der Waals surface area contributed by atoms with Crippen molar-refractivity contribution in [3.8, 4) is 0 Å². The number of benzene rings is 2. The third-order valence-corrected chi connectivity index (χ3v) is 6.47. The first-order chi connectivity index (χ1) is 15.3. The second-order valence-electron chi connectivity index (χ2n) is 10.9. The van der Waals surface area contributed by atoms with Crippen LogP contribution in [-0.2, 0) is 20.5 Å². The Balaban J connectivity index is 1.94. The average Bonchev–Trinajstić information content (AvgIpc) is 2.93. The molecule has 1 amide bonds. The lowest BCUT2D eigenvalue weighted by Crippen LogP contribution is -2.42. The van der Waals surface area contributed by atoms with E-state index in [2.05, 4.69) is 70.7 Å². The number of ether oxygens (including phenoxy) is 1. The molecule has 33 heavy (non-hydrogen) atoms. The van der Waals surface area contributed by atoms with Crippen LogP contribution in [-0.4, -0.2) is 48.0 Å². The van der Waals surface area contributed by atoms with Gasteiger partial charge in [0.05, 0.1) is 11.2 Å². The van der Waals surface area contributed by atoms with E-state index in [1.165, 1.54) is 16.3 Å². The highest BCUT2D eigenvalue weighted by molar-refractivity contribution is 6.47. The minimum absolute atomic E-state index is 0.0932. The van der Waals surface area contributed by atoms with Gasteiger partial charge in [-0.25, -0.2) is 4.79 Å². The molecule has 0 aliphatic carbocycles. The molecule has 0 unspecified atom stereocenters. The number of rotatable bonds is 7. The van der Waals surface area contributed by atoms with Crippen LogP contribution >= 0.6 is 0 Å². The van der Waals surface area contributed by atoms with Crippen LogP contribution in [0.2, 0.25) is 5.82 Å². The van der Waals surface area contributed by atoms with Gasteiger partial charge in [0.1, 0.15) is 5.60 Å². The summed E-state index contributed by atoms with van der Waals surface area (Å²) < 4.78 is 18.6. The van der Waals surface area contributed by atoms with Gasteiger partial charge < -0.3 is 18.9 Å². The summed E-state index contributed by atoms with van der Waals surface area (Å²) in [6, 6.07) is 14.7. The van der Waals surface area contributed by atoms with E-state index in [-0.39, 0.29) is 11.9 Å². The van der Waals surface area contributed by atoms with Crippen molar-refractivity contribution in [2.45, 2.75) is 77.5 Å². The van der Waals surface area contributed by atoms with E-state index in [0.29, 0.717) is 19.5 Å². The fourth-order valence-corrected chi connectivity index (χ4v) is 4.07. The summed E-state index contributed by atoms with van der Waals surface area (Å²) in [6.45, 7) is 18.5. The number of hydrogen-bond acceptors (Lipinski definition) is 4. The normalized spacial score (nSPS) is 18.2. The van der Waals surface area contributed by atoms with Crippen molar-refractivity contribution in [2.75, 3.05) is 13.1 Å². The van der Waals surface area contributed by atoms with Gasteiger partial charge in [0, 0.05) is 18.9 Å². The molecule has 0 spiro atoms. The monoisotopic (exact) mass is 451 g/mol. The van der Waals surface area contributed by atoms with Gasteiger partial charge in [0.15, 0.2) is 0 Å². The minimum Gasteiger partial charge on any atom is -0.444 e. The molecular formula is C27H38BNO4. The molecule has 1 atom stereocenters. The average molecular weight is 451 g/mol. The standard InChI is InChI=1S/C27H38BNO4/c1-9-17-29(24(30)31-25(2,3)4)19-22(28-32-26(5,6)27(7,8)33-28)18-21-15-12-14-20-13-10-11-16-23(20)21/h9-16,22H,1,17-19H2,2-8H3/t22-/m0/s1. The van der Waals surface area contributed by atoms with Crippen LogP contribution in [0.5, 0.6) is 0 Å². The molecule has 6 heteroatoms. The van der Waals surface area contributed by atoms with Gasteiger partial charge in [0.2, 0.25) is 0 Å². The Labute approximate surface area is 199 Å². The van der Waals surface area contributed by atoms with Crippen LogP contribution in [0.3, 0.4) is 0 Å². The molecule has 178 valence electrons. The molecule has 0 aromatic heterocycles. The summed E-state index contributed by atoms with van der Waals surface area (Å²) >= 11 is 0. The number of hydrogen-bond donors (Lipinski definition) is 0. The van der Waals surface area contributed by atoms with Crippen LogP contribution in [0, 0.1) is 0 Å². The van der Waals surface area contributed by atoms with Crippen molar-refractivity contribution in [3.63, 3.8) is 0 Å². The van der Waals surface area contributed by atoms with E-state index in [0.717, 1.165) is 0 Å². The van der Waals surface area contributed by atoms with Crippen molar-refractivity contribution in [3.05, 3.63) is 60.7 Å². The van der Waals surface area contributed by atoms with Crippen molar-refractivity contribution < 1.29 is 18.8 Å². The van der Waals surface area contributed by atoms with E-state index in [9.17, 15) is 4.79 Å². The van der Waals surface area contributed by atoms with Gasteiger partial charge in [-0.05, 0) is 71.2 Å². The van der Waals surface area contributed by atoms with E-state index in [4.69, 9.17) is 14.0 Å². The van der Waals surface area contributed by atoms with Gasteiger partial charge in [-0.1, -0.05) is 48.5 Å². The zero-order valence-corrected chi connectivity index (χ0v) is 21.2. The molecule has 3 rings (SSSR count). The summed E-state index contributed by atoms with van der Waals surface area (Å²) in [5.41, 5.74) is -0.282. The van der Waals surface area contributed by atoms with Gasteiger partial charge in [-0.15, -0.1) is 6.58 Å². The topological polar surface area (TPSA) is 48.0 Å². The number of carbonyl (C=O) groups excluding carboxylic acids is 1. The molecule has 0 bridgehead atoms. The predicted molar refractivity (Wildman–Crippen MR) is 135 cm³/mol. The molecule has 2 aromatic carbocycles. The van der Waals surface area contributed by atoms with Crippen LogP contribution < -0.4 is 0 Å². The van der Waals surface area contributed by atoms with E-state index in [1.807, 2.05) is 26.8 Å². The number of carbonyl (C=O) groups is 1. The predicted octanol–water partition coefficient (Wildman–Crippen LogP) is 6.27. The molecule has 0 N–H and O–H groups in total. The lowest BCUT2D eigenvalue weighted by atomic mass is 9.68. The Hall–Kier alpha value is -2.31. The smallest absolute Gasteiger partial charge is 0.444 e. The van der Waals surface area contributed by atoms with Crippen molar-refractivity contribution in [1.82, 2.24) is 4.90 Å². The number of nitrogens with zero attached hydrogens (tertiary/aromatic N) is 1. The maximum Gasteiger partial charge on any atom is 0.463 e. The Morgan fingerprint density at radius 2 is 1.70 bits per heavy atom. The Bertz CT molecular complexity index is 974. The maximum absolute atomic E-state index is 13.0. The highest BCUT2D eigenvalue weighted by Crippen LogP contribution is 2.41. The Kier molecular flexibility index (Phi) is 7.30. The van der Waals surface area contributed by atoms with Crippen LogP contribution in [0.15, 0.2) is 55.1 Å². The Morgan fingerprint density at radius 3 is 2.30 bits per heavy atom. The van der Waals surface area contributed by atoms with E-state index < -0.39 is 23.9 Å². The second-order valence-corrected chi connectivity index (χ2v) is 10.9. The largest absolute Gasteiger partial charge is 0.463 e. The molecule has 5 nitrogen and oxygen atoms in total. The summed E-state index contributed by atoms with van der Waals surface area (Å²) in [7, 11) is -0.455. The lowest BCUT2D eigenvalue weighted by Gasteiger charge is -2.32. The van der Waals surface area contributed by atoms with Gasteiger partial charge in [0.25, 0.3) is 0 Å². The summed E-state index contributed by atoms with van der Waals surface area (Å²) in [4.78, 5) is 14.7. The first-order valence-electron chi connectivity index (χ1n) is 11.7. The molecule has 1 saturated heterocycles. The third kappa shape index (κ3) is 5.98. The second kappa shape index (κ2) is 9.51. The molecule has 0 radical (unpaired) electrons. The molecule has 2 aromatic rings. The quantitative estimate of drug-likeness (QED) is 0.368. The zero-order chi connectivity index (χ0) is 24.4. The zero-order valence-electron chi connectivity index (χ0n) is 21.2. The number of amides is 1. The molecule has 1 fully saturated rings. The van der Waals surface area contributed by atoms with Crippen molar-refractivity contribution >= 4 is 24.0 Å². The van der Waals surface area contributed by atoms with Crippen molar-refractivity contribution in [2.24, 2.45) is 0 Å².